The Morgan fingerprint density at radius 1 is 0.947 bits per heavy atom. The van der Waals surface area contributed by atoms with Crippen LogP contribution in [-0.2, 0) is 9.53 Å². The van der Waals surface area contributed by atoms with Gasteiger partial charge in [0, 0.05) is 0 Å². The Balaban J connectivity index is 5.21. The standard InChI is InChI=1S/C17H34O2/c1-10-13(11-2)19-14(18)17(9,16(6,7)8)12-15(3,4)5/h13H,10-12H2,1-9H3. The number of carbonyl (C=O) groups is 1. The fraction of sp³-hybridized carbons (Fsp3) is 0.941. The lowest BCUT2D eigenvalue weighted by atomic mass is 9.61. The van der Waals surface area contributed by atoms with Gasteiger partial charge in [0.05, 0.1) is 5.41 Å². The summed E-state index contributed by atoms with van der Waals surface area (Å²) in [5, 5.41) is 0. The van der Waals surface area contributed by atoms with Gasteiger partial charge in [-0.2, -0.15) is 0 Å². The zero-order valence-corrected chi connectivity index (χ0v) is 14.5. The highest BCUT2D eigenvalue weighted by atomic mass is 16.5. The Labute approximate surface area is 120 Å². The van der Waals surface area contributed by atoms with E-state index in [9.17, 15) is 4.79 Å². The quantitative estimate of drug-likeness (QED) is 0.641. The molecule has 2 nitrogen and oxygen atoms in total. The molecule has 0 spiro atoms. The molecular formula is C17H34O2. The maximum atomic E-state index is 12.7. The molecule has 0 radical (unpaired) electrons. The molecule has 0 aromatic rings. The smallest absolute Gasteiger partial charge is 0.312 e. The molecule has 0 bridgehead atoms. The molecule has 0 rings (SSSR count). The second kappa shape index (κ2) is 6.28. The number of rotatable bonds is 5. The van der Waals surface area contributed by atoms with E-state index < -0.39 is 5.41 Å². The highest BCUT2D eigenvalue weighted by Gasteiger charge is 2.48. The topological polar surface area (TPSA) is 26.3 Å². The molecule has 0 amide bonds. The molecule has 0 aromatic heterocycles. The molecule has 114 valence electrons. The zero-order chi connectivity index (χ0) is 15.5. The molecule has 1 atom stereocenters. The summed E-state index contributed by atoms with van der Waals surface area (Å²) in [6.45, 7) is 19.1. The lowest BCUT2D eigenvalue weighted by Gasteiger charge is -2.44. The molecule has 0 saturated carbocycles. The lowest BCUT2D eigenvalue weighted by Crippen LogP contribution is -2.45. The maximum Gasteiger partial charge on any atom is 0.312 e. The van der Waals surface area contributed by atoms with Crippen LogP contribution in [0.3, 0.4) is 0 Å². The van der Waals surface area contributed by atoms with Crippen LogP contribution >= 0.6 is 0 Å². The van der Waals surface area contributed by atoms with Crippen molar-refractivity contribution in [1.82, 2.24) is 0 Å². The van der Waals surface area contributed by atoms with Gasteiger partial charge in [-0.3, -0.25) is 4.79 Å². The molecule has 0 aliphatic heterocycles. The van der Waals surface area contributed by atoms with Crippen molar-refractivity contribution < 1.29 is 9.53 Å². The number of ether oxygens (including phenoxy) is 1. The summed E-state index contributed by atoms with van der Waals surface area (Å²) in [4.78, 5) is 12.7. The highest BCUT2D eigenvalue weighted by Crippen LogP contribution is 2.47. The molecule has 1 unspecified atom stereocenters. The minimum atomic E-state index is -0.451. The van der Waals surface area contributed by atoms with Gasteiger partial charge in [0.1, 0.15) is 6.10 Å². The van der Waals surface area contributed by atoms with E-state index in [2.05, 4.69) is 62.3 Å². The van der Waals surface area contributed by atoms with Crippen molar-refractivity contribution in [2.45, 2.75) is 87.7 Å². The molecule has 0 heterocycles. The van der Waals surface area contributed by atoms with Gasteiger partial charge in [-0.1, -0.05) is 55.4 Å². The summed E-state index contributed by atoms with van der Waals surface area (Å²) in [5.74, 6) is -0.0383. The van der Waals surface area contributed by atoms with Gasteiger partial charge in [-0.15, -0.1) is 0 Å². The van der Waals surface area contributed by atoms with E-state index >= 15 is 0 Å². The second-order valence-electron chi connectivity index (χ2n) is 8.16. The van der Waals surface area contributed by atoms with Gasteiger partial charge in [0.15, 0.2) is 0 Å². The van der Waals surface area contributed by atoms with E-state index in [0.717, 1.165) is 19.3 Å². The van der Waals surface area contributed by atoms with Gasteiger partial charge in [0.2, 0.25) is 0 Å². The lowest BCUT2D eigenvalue weighted by molar-refractivity contribution is -0.170. The van der Waals surface area contributed by atoms with Gasteiger partial charge in [-0.25, -0.2) is 0 Å². The third-order valence-corrected chi connectivity index (χ3v) is 4.17. The summed E-state index contributed by atoms with van der Waals surface area (Å²) in [6, 6.07) is 0. The van der Waals surface area contributed by atoms with E-state index in [1.807, 2.05) is 0 Å². The van der Waals surface area contributed by atoms with Crippen LogP contribution in [0.5, 0.6) is 0 Å². The zero-order valence-electron chi connectivity index (χ0n) is 14.5. The van der Waals surface area contributed by atoms with Crippen LogP contribution in [0, 0.1) is 16.2 Å². The fourth-order valence-electron chi connectivity index (χ4n) is 2.44. The molecule has 0 aromatic carbocycles. The second-order valence-corrected chi connectivity index (χ2v) is 8.16. The first-order valence-electron chi connectivity index (χ1n) is 7.58. The van der Waals surface area contributed by atoms with Gasteiger partial charge >= 0.3 is 5.97 Å². The summed E-state index contributed by atoms with van der Waals surface area (Å²) >= 11 is 0. The first kappa shape index (κ1) is 18.5. The van der Waals surface area contributed by atoms with Gasteiger partial charge in [-0.05, 0) is 37.0 Å². The molecule has 0 fully saturated rings. The van der Waals surface area contributed by atoms with Crippen LogP contribution in [0.1, 0.15) is 81.6 Å². The Hall–Kier alpha value is -0.530. The molecular weight excluding hydrogens is 236 g/mol. The molecule has 0 N–H and O–H groups in total. The van der Waals surface area contributed by atoms with Crippen LogP contribution in [-0.4, -0.2) is 12.1 Å². The van der Waals surface area contributed by atoms with Crippen LogP contribution in [0.4, 0.5) is 0 Å². The largest absolute Gasteiger partial charge is 0.462 e. The first-order chi connectivity index (χ1) is 8.37. The van der Waals surface area contributed by atoms with Crippen molar-refractivity contribution in [3.05, 3.63) is 0 Å². The Morgan fingerprint density at radius 3 is 1.63 bits per heavy atom. The van der Waals surface area contributed by atoms with Crippen LogP contribution in [0.2, 0.25) is 0 Å². The van der Waals surface area contributed by atoms with E-state index in [1.165, 1.54) is 0 Å². The van der Waals surface area contributed by atoms with Gasteiger partial charge in [0.25, 0.3) is 0 Å². The molecule has 0 aliphatic rings. The van der Waals surface area contributed by atoms with Crippen molar-refractivity contribution in [3.8, 4) is 0 Å². The number of esters is 1. The van der Waals surface area contributed by atoms with Crippen LogP contribution < -0.4 is 0 Å². The van der Waals surface area contributed by atoms with Gasteiger partial charge < -0.3 is 4.74 Å². The molecule has 2 heteroatoms. The molecule has 0 saturated heterocycles. The number of hydrogen-bond donors (Lipinski definition) is 0. The third-order valence-electron chi connectivity index (χ3n) is 4.17. The predicted octanol–water partition coefficient (Wildman–Crippen LogP) is 5.21. The van der Waals surface area contributed by atoms with E-state index in [0.29, 0.717) is 0 Å². The summed E-state index contributed by atoms with van der Waals surface area (Å²) in [5.41, 5.74) is -0.452. The van der Waals surface area contributed by atoms with Crippen LogP contribution in [0.15, 0.2) is 0 Å². The van der Waals surface area contributed by atoms with Crippen molar-refractivity contribution in [2.75, 3.05) is 0 Å². The molecule has 0 aliphatic carbocycles. The Bertz CT molecular complexity index is 289. The van der Waals surface area contributed by atoms with Crippen molar-refractivity contribution in [2.24, 2.45) is 16.2 Å². The number of hydrogen-bond acceptors (Lipinski definition) is 2. The van der Waals surface area contributed by atoms with Crippen molar-refractivity contribution in [1.29, 1.82) is 0 Å². The minimum absolute atomic E-state index is 0.0383. The third kappa shape index (κ3) is 5.16. The maximum absolute atomic E-state index is 12.7. The fourth-order valence-corrected chi connectivity index (χ4v) is 2.44. The predicted molar refractivity (Wildman–Crippen MR) is 82.1 cm³/mol. The van der Waals surface area contributed by atoms with E-state index in [4.69, 9.17) is 4.74 Å². The SMILES string of the molecule is CCC(CC)OC(=O)C(C)(CC(C)(C)C)C(C)(C)C. The normalized spacial score (nSPS) is 16.3. The molecule has 19 heavy (non-hydrogen) atoms. The minimum Gasteiger partial charge on any atom is -0.462 e. The Kier molecular flexibility index (Phi) is 6.10. The Morgan fingerprint density at radius 2 is 1.37 bits per heavy atom. The monoisotopic (exact) mass is 270 g/mol. The van der Waals surface area contributed by atoms with Crippen molar-refractivity contribution in [3.63, 3.8) is 0 Å². The number of carbonyl (C=O) groups excluding carboxylic acids is 1. The summed E-state index contributed by atoms with van der Waals surface area (Å²) in [6.07, 6.45) is 2.66. The van der Waals surface area contributed by atoms with Crippen LogP contribution in [0.25, 0.3) is 0 Å². The van der Waals surface area contributed by atoms with Crippen molar-refractivity contribution >= 4 is 5.97 Å². The average Bonchev–Trinajstić information content (AvgIpc) is 2.21. The first-order valence-corrected chi connectivity index (χ1v) is 7.58. The average molecular weight is 270 g/mol. The van der Waals surface area contributed by atoms with E-state index in [1.54, 1.807) is 0 Å². The summed E-state index contributed by atoms with van der Waals surface area (Å²) < 4.78 is 5.75. The summed E-state index contributed by atoms with van der Waals surface area (Å²) in [7, 11) is 0. The van der Waals surface area contributed by atoms with E-state index in [-0.39, 0.29) is 22.9 Å². The highest BCUT2D eigenvalue weighted by molar-refractivity contribution is 5.77.